The molecule has 0 saturated carbocycles. The SMILES string of the molecule is C[C@H](C(=O)O)N1CCN([C@H](C)C(=O)O)CC(C)(N[C@H](C)C(=O)O)C1. The van der Waals surface area contributed by atoms with Gasteiger partial charge in [-0.3, -0.25) is 29.5 Å². The summed E-state index contributed by atoms with van der Waals surface area (Å²) < 4.78 is 0. The number of rotatable bonds is 7. The van der Waals surface area contributed by atoms with Crippen LogP contribution in [0.25, 0.3) is 0 Å². The Morgan fingerprint density at radius 1 is 0.875 bits per heavy atom. The zero-order valence-electron chi connectivity index (χ0n) is 14.5. The summed E-state index contributed by atoms with van der Waals surface area (Å²) in [4.78, 5) is 37.3. The third-order valence-corrected chi connectivity index (χ3v) is 4.52. The molecule has 9 heteroatoms. The minimum Gasteiger partial charge on any atom is -0.480 e. The first-order valence-electron chi connectivity index (χ1n) is 7.91. The lowest BCUT2D eigenvalue weighted by Gasteiger charge is -2.38. The van der Waals surface area contributed by atoms with Crippen LogP contribution in [0.5, 0.6) is 0 Å². The minimum atomic E-state index is -1.02. The first-order chi connectivity index (χ1) is 11.0. The van der Waals surface area contributed by atoms with E-state index in [-0.39, 0.29) is 0 Å². The molecule has 0 bridgehead atoms. The molecule has 138 valence electrons. The van der Waals surface area contributed by atoms with Crippen LogP contribution in [0.2, 0.25) is 0 Å². The maximum Gasteiger partial charge on any atom is 0.320 e. The lowest BCUT2D eigenvalue weighted by Crippen LogP contribution is -2.61. The molecule has 0 aromatic carbocycles. The summed E-state index contributed by atoms with van der Waals surface area (Å²) in [5.74, 6) is -2.96. The van der Waals surface area contributed by atoms with Crippen LogP contribution in [0.15, 0.2) is 0 Å². The van der Waals surface area contributed by atoms with Crippen LogP contribution in [0.1, 0.15) is 27.7 Å². The molecule has 0 unspecified atom stereocenters. The van der Waals surface area contributed by atoms with Crippen molar-refractivity contribution in [3.63, 3.8) is 0 Å². The lowest BCUT2D eigenvalue weighted by atomic mass is 9.98. The molecule has 1 rings (SSSR count). The second-order valence-electron chi connectivity index (χ2n) is 6.73. The largest absolute Gasteiger partial charge is 0.480 e. The number of nitrogens with one attached hydrogen (secondary N) is 1. The Morgan fingerprint density at radius 3 is 1.54 bits per heavy atom. The van der Waals surface area contributed by atoms with Crippen molar-refractivity contribution in [1.82, 2.24) is 15.1 Å². The van der Waals surface area contributed by atoms with Gasteiger partial charge in [0, 0.05) is 31.7 Å². The number of carboxylic acids is 3. The summed E-state index contributed by atoms with van der Waals surface area (Å²) in [6.45, 7) is 7.84. The van der Waals surface area contributed by atoms with E-state index in [1.54, 1.807) is 30.6 Å². The maximum atomic E-state index is 11.3. The van der Waals surface area contributed by atoms with Gasteiger partial charge in [0.15, 0.2) is 0 Å². The fraction of sp³-hybridized carbons (Fsp3) is 0.800. The zero-order valence-corrected chi connectivity index (χ0v) is 14.5. The van der Waals surface area contributed by atoms with E-state index in [4.69, 9.17) is 5.11 Å². The number of hydrogen-bond donors (Lipinski definition) is 4. The third kappa shape index (κ3) is 5.15. The molecular weight excluding hydrogens is 318 g/mol. The number of hydrogen-bond acceptors (Lipinski definition) is 6. The van der Waals surface area contributed by atoms with E-state index in [2.05, 4.69) is 5.32 Å². The van der Waals surface area contributed by atoms with Crippen molar-refractivity contribution in [2.45, 2.75) is 51.4 Å². The van der Waals surface area contributed by atoms with Crippen molar-refractivity contribution >= 4 is 17.9 Å². The smallest absolute Gasteiger partial charge is 0.320 e. The van der Waals surface area contributed by atoms with Gasteiger partial charge in [0.1, 0.15) is 18.1 Å². The molecule has 0 radical (unpaired) electrons. The second kappa shape index (κ2) is 7.91. The Labute approximate surface area is 141 Å². The molecule has 0 aromatic heterocycles. The normalized spacial score (nSPS) is 23.0. The molecule has 0 spiro atoms. The fourth-order valence-corrected chi connectivity index (χ4v) is 3.01. The summed E-state index contributed by atoms with van der Waals surface area (Å²) in [5.41, 5.74) is -0.762. The summed E-state index contributed by atoms with van der Waals surface area (Å²) >= 11 is 0. The number of aliphatic carboxylic acids is 3. The highest BCUT2D eigenvalue weighted by Crippen LogP contribution is 2.19. The zero-order chi connectivity index (χ0) is 18.7. The fourth-order valence-electron chi connectivity index (χ4n) is 3.01. The summed E-state index contributed by atoms with van der Waals surface area (Å²) in [6, 6.07) is -2.32. The third-order valence-electron chi connectivity index (χ3n) is 4.52. The van der Waals surface area contributed by atoms with Gasteiger partial charge in [0.2, 0.25) is 0 Å². The molecule has 4 N–H and O–H groups in total. The predicted octanol–water partition coefficient (Wildman–Crippen LogP) is -0.628. The second-order valence-corrected chi connectivity index (χ2v) is 6.73. The van der Waals surface area contributed by atoms with E-state index in [1.807, 2.05) is 0 Å². The van der Waals surface area contributed by atoms with Crippen LogP contribution in [-0.4, -0.2) is 92.9 Å². The van der Waals surface area contributed by atoms with Crippen molar-refractivity contribution in [3.8, 4) is 0 Å². The van der Waals surface area contributed by atoms with Crippen molar-refractivity contribution in [1.29, 1.82) is 0 Å². The van der Waals surface area contributed by atoms with Crippen molar-refractivity contribution in [2.24, 2.45) is 0 Å². The Kier molecular flexibility index (Phi) is 6.70. The van der Waals surface area contributed by atoms with Gasteiger partial charge < -0.3 is 15.3 Å². The Morgan fingerprint density at radius 2 is 1.25 bits per heavy atom. The monoisotopic (exact) mass is 345 g/mol. The van der Waals surface area contributed by atoms with Crippen LogP contribution in [0, 0.1) is 0 Å². The first kappa shape index (κ1) is 20.3. The van der Waals surface area contributed by atoms with Crippen molar-refractivity contribution in [2.75, 3.05) is 26.2 Å². The van der Waals surface area contributed by atoms with Crippen LogP contribution >= 0.6 is 0 Å². The van der Waals surface area contributed by atoms with Gasteiger partial charge in [0.05, 0.1) is 0 Å². The van der Waals surface area contributed by atoms with Gasteiger partial charge in [-0.25, -0.2) is 0 Å². The van der Waals surface area contributed by atoms with Gasteiger partial charge in [-0.1, -0.05) is 0 Å². The number of nitrogens with zero attached hydrogens (tertiary/aromatic N) is 2. The van der Waals surface area contributed by atoms with Gasteiger partial charge in [-0.2, -0.15) is 0 Å². The summed E-state index contributed by atoms with van der Waals surface area (Å²) in [6.07, 6.45) is 0. The maximum absolute atomic E-state index is 11.3. The highest BCUT2D eigenvalue weighted by Gasteiger charge is 2.39. The molecule has 9 nitrogen and oxygen atoms in total. The molecule has 1 aliphatic rings. The molecule has 0 aliphatic carbocycles. The number of carbonyl (C=O) groups is 3. The Bertz CT molecular complexity index is 468. The van der Waals surface area contributed by atoms with Gasteiger partial charge in [-0.05, 0) is 27.7 Å². The van der Waals surface area contributed by atoms with E-state index in [0.29, 0.717) is 26.2 Å². The molecule has 1 aliphatic heterocycles. The molecule has 0 aromatic rings. The molecule has 1 heterocycles. The standard InChI is InChI=1S/C15H27N3O6/c1-9(12(19)20)16-15(4)7-17(10(2)13(21)22)5-6-18(8-15)11(3)14(23)24/h9-11,16H,5-8H2,1-4H3,(H,19,20)(H,21,22)(H,23,24)/t9-,10-,11-/m1/s1. The van der Waals surface area contributed by atoms with Crippen LogP contribution < -0.4 is 5.32 Å². The summed E-state index contributed by atoms with van der Waals surface area (Å²) in [7, 11) is 0. The molecule has 0 amide bonds. The van der Waals surface area contributed by atoms with Crippen LogP contribution in [0.4, 0.5) is 0 Å². The highest BCUT2D eigenvalue weighted by molar-refractivity contribution is 5.74. The van der Waals surface area contributed by atoms with Gasteiger partial charge >= 0.3 is 17.9 Å². The van der Waals surface area contributed by atoms with E-state index in [9.17, 15) is 24.6 Å². The van der Waals surface area contributed by atoms with E-state index in [1.165, 1.54) is 6.92 Å². The molecule has 24 heavy (non-hydrogen) atoms. The predicted molar refractivity (Wildman–Crippen MR) is 86.0 cm³/mol. The highest BCUT2D eigenvalue weighted by atomic mass is 16.4. The molecule has 3 atom stereocenters. The average molecular weight is 345 g/mol. The van der Waals surface area contributed by atoms with Crippen molar-refractivity contribution in [3.05, 3.63) is 0 Å². The summed E-state index contributed by atoms with van der Waals surface area (Å²) in [5, 5.41) is 30.7. The minimum absolute atomic E-state index is 0.306. The van der Waals surface area contributed by atoms with Gasteiger partial charge in [0.25, 0.3) is 0 Å². The lowest BCUT2D eigenvalue weighted by molar-refractivity contribution is -0.144. The van der Waals surface area contributed by atoms with Gasteiger partial charge in [-0.15, -0.1) is 0 Å². The molecule has 1 saturated heterocycles. The van der Waals surface area contributed by atoms with Crippen molar-refractivity contribution < 1.29 is 29.7 Å². The van der Waals surface area contributed by atoms with E-state index < -0.39 is 41.6 Å². The quantitative estimate of drug-likeness (QED) is 0.476. The topological polar surface area (TPSA) is 130 Å². The van der Waals surface area contributed by atoms with E-state index >= 15 is 0 Å². The number of carboxylic acid groups (broad SMARTS) is 3. The first-order valence-corrected chi connectivity index (χ1v) is 7.91. The Hall–Kier alpha value is -1.71. The average Bonchev–Trinajstić information content (AvgIpc) is 2.64. The molecule has 1 fully saturated rings. The van der Waals surface area contributed by atoms with Crippen LogP contribution in [-0.2, 0) is 14.4 Å². The molecular formula is C15H27N3O6. The Balaban J connectivity index is 3.07. The van der Waals surface area contributed by atoms with Crippen LogP contribution in [0.3, 0.4) is 0 Å². The van der Waals surface area contributed by atoms with E-state index in [0.717, 1.165) is 0 Å².